The zero-order valence-corrected chi connectivity index (χ0v) is 9.37. The molecule has 0 aromatic heterocycles. The Hall–Kier alpha value is -1.02. The summed E-state index contributed by atoms with van der Waals surface area (Å²) in [6.07, 6.45) is 3.95. The number of nitrogens with two attached hydrogens (primary N) is 1. The summed E-state index contributed by atoms with van der Waals surface area (Å²) in [6.45, 7) is 2.91. The molecule has 1 atom stereocenters. The lowest BCUT2D eigenvalue weighted by Gasteiger charge is -2.30. The second kappa shape index (κ2) is 4.23. The standard InChI is InChI=1S/C13H20N2/c1-13(10-14,9-11-7-8-11)15-12-5-3-2-4-6-12/h2-6,11,15H,7-10,14H2,1H3. The first-order chi connectivity index (χ1) is 7.22. The van der Waals surface area contributed by atoms with E-state index >= 15 is 0 Å². The number of benzene rings is 1. The van der Waals surface area contributed by atoms with Gasteiger partial charge in [0.05, 0.1) is 0 Å². The first-order valence-corrected chi connectivity index (χ1v) is 5.75. The molecule has 15 heavy (non-hydrogen) atoms. The van der Waals surface area contributed by atoms with Crippen LogP contribution in [0.5, 0.6) is 0 Å². The summed E-state index contributed by atoms with van der Waals surface area (Å²) in [6, 6.07) is 10.3. The van der Waals surface area contributed by atoms with Gasteiger partial charge >= 0.3 is 0 Å². The molecule has 1 fully saturated rings. The van der Waals surface area contributed by atoms with Gasteiger partial charge in [-0.1, -0.05) is 31.0 Å². The van der Waals surface area contributed by atoms with E-state index in [0.29, 0.717) is 6.54 Å². The average molecular weight is 204 g/mol. The Balaban J connectivity index is 2.00. The first-order valence-electron chi connectivity index (χ1n) is 5.75. The van der Waals surface area contributed by atoms with E-state index < -0.39 is 0 Å². The van der Waals surface area contributed by atoms with Gasteiger partial charge in [-0.25, -0.2) is 0 Å². The molecule has 2 rings (SSSR count). The summed E-state index contributed by atoms with van der Waals surface area (Å²) >= 11 is 0. The lowest BCUT2D eigenvalue weighted by Crippen LogP contribution is -2.42. The minimum Gasteiger partial charge on any atom is -0.379 e. The van der Waals surface area contributed by atoms with Gasteiger partial charge in [-0.05, 0) is 31.4 Å². The molecule has 1 aliphatic rings. The van der Waals surface area contributed by atoms with Crippen molar-refractivity contribution in [3.8, 4) is 0 Å². The summed E-state index contributed by atoms with van der Waals surface area (Å²) in [5.41, 5.74) is 7.10. The van der Waals surface area contributed by atoms with Crippen LogP contribution < -0.4 is 11.1 Å². The van der Waals surface area contributed by atoms with Crippen LogP contribution in [0, 0.1) is 5.92 Å². The quantitative estimate of drug-likeness (QED) is 0.773. The van der Waals surface area contributed by atoms with E-state index in [2.05, 4.69) is 36.5 Å². The maximum absolute atomic E-state index is 5.87. The van der Waals surface area contributed by atoms with Crippen LogP contribution in [0.4, 0.5) is 5.69 Å². The highest BCUT2D eigenvalue weighted by atomic mass is 15.0. The third kappa shape index (κ3) is 2.96. The van der Waals surface area contributed by atoms with E-state index in [1.807, 2.05) is 6.07 Å². The van der Waals surface area contributed by atoms with E-state index in [9.17, 15) is 0 Å². The molecule has 1 unspecified atom stereocenters. The summed E-state index contributed by atoms with van der Waals surface area (Å²) in [5, 5.41) is 3.55. The Bertz CT molecular complexity index is 306. The molecule has 0 saturated heterocycles. The van der Waals surface area contributed by atoms with Crippen molar-refractivity contribution in [1.82, 2.24) is 0 Å². The number of rotatable bonds is 5. The summed E-state index contributed by atoms with van der Waals surface area (Å²) in [5.74, 6) is 0.898. The molecular weight excluding hydrogens is 184 g/mol. The van der Waals surface area contributed by atoms with Crippen LogP contribution in [0.3, 0.4) is 0 Å². The van der Waals surface area contributed by atoms with Crippen LogP contribution in [-0.4, -0.2) is 12.1 Å². The predicted octanol–water partition coefficient (Wildman–Crippen LogP) is 2.62. The second-order valence-electron chi connectivity index (χ2n) is 4.90. The molecule has 1 aromatic carbocycles. The van der Waals surface area contributed by atoms with E-state index in [0.717, 1.165) is 5.92 Å². The summed E-state index contributed by atoms with van der Waals surface area (Å²) < 4.78 is 0. The first kappa shape index (κ1) is 10.5. The minimum absolute atomic E-state index is 0.0581. The normalized spacial score (nSPS) is 19.6. The fourth-order valence-corrected chi connectivity index (χ4v) is 2.01. The predicted molar refractivity (Wildman–Crippen MR) is 64.9 cm³/mol. The van der Waals surface area contributed by atoms with Crippen molar-refractivity contribution in [3.05, 3.63) is 30.3 Å². The fraction of sp³-hybridized carbons (Fsp3) is 0.538. The van der Waals surface area contributed by atoms with Crippen molar-refractivity contribution in [2.75, 3.05) is 11.9 Å². The highest BCUT2D eigenvalue weighted by Gasteiger charge is 2.32. The van der Waals surface area contributed by atoms with Gasteiger partial charge in [0.1, 0.15) is 0 Å². The monoisotopic (exact) mass is 204 g/mol. The largest absolute Gasteiger partial charge is 0.379 e. The van der Waals surface area contributed by atoms with Gasteiger partial charge in [-0.3, -0.25) is 0 Å². The Kier molecular flexibility index (Phi) is 2.96. The molecule has 0 bridgehead atoms. The highest BCUT2D eigenvalue weighted by Crippen LogP contribution is 2.37. The number of hydrogen-bond donors (Lipinski definition) is 2. The van der Waals surface area contributed by atoms with Gasteiger partial charge in [-0.2, -0.15) is 0 Å². The maximum atomic E-state index is 5.87. The lowest BCUT2D eigenvalue weighted by molar-refractivity contribution is 0.453. The van der Waals surface area contributed by atoms with Crippen molar-refractivity contribution < 1.29 is 0 Å². The summed E-state index contributed by atoms with van der Waals surface area (Å²) in [7, 11) is 0. The van der Waals surface area contributed by atoms with Crippen LogP contribution in [0.25, 0.3) is 0 Å². The second-order valence-corrected chi connectivity index (χ2v) is 4.90. The van der Waals surface area contributed by atoms with E-state index in [-0.39, 0.29) is 5.54 Å². The third-order valence-corrected chi connectivity index (χ3v) is 3.11. The Labute approximate surface area is 91.9 Å². The van der Waals surface area contributed by atoms with Gasteiger partial charge in [0, 0.05) is 17.8 Å². The van der Waals surface area contributed by atoms with E-state index in [1.54, 1.807) is 0 Å². The molecule has 3 N–H and O–H groups in total. The van der Waals surface area contributed by atoms with Gasteiger partial charge in [0.2, 0.25) is 0 Å². The van der Waals surface area contributed by atoms with Crippen LogP contribution in [-0.2, 0) is 0 Å². The maximum Gasteiger partial charge on any atom is 0.0470 e. The zero-order valence-electron chi connectivity index (χ0n) is 9.37. The van der Waals surface area contributed by atoms with Crippen molar-refractivity contribution in [3.63, 3.8) is 0 Å². The molecular formula is C13H20N2. The van der Waals surface area contributed by atoms with Gasteiger partial charge < -0.3 is 11.1 Å². The topological polar surface area (TPSA) is 38.0 Å². The number of para-hydroxylation sites is 1. The molecule has 2 heteroatoms. The molecule has 1 aliphatic carbocycles. The highest BCUT2D eigenvalue weighted by molar-refractivity contribution is 5.45. The molecule has 0 radical (unpaired) electrons. The van der Waals surface area contributed by atoms with Gasteiger partial charge in [0.25, 0.3) is 0 Å². The lowest BCUT2D eigenvalue weighted by atomic mass is 9.94. The summed E-state index contributed by atoms with van der Waals surface area (Å²) in [4.78, 5) is 0. The molecule has 1 saturated carbocycles. The molecule has 0 amide bonds. The Morgan fingerprint density at radius 1 is 1.33 bits per heavy atom. The number of hydrogen-bond acceptors (Lipinski definition) is 2. The number of anilines is 1. The molecule has 0 spiro atoms. The van der Waals surface area contributed by atoms with E-state index in [1.165, 1.54) is 24.9 Å². The van der Waals surface area contributed by atoms with Crippen molar-refractivity contribution >= 4 is 5.69 Å². The van der Waals surface area contributed by atoms with Crippen molar-refractivity contribution in [1.29, 1.82) is 0 Å². The molecule has 0 aliphatic heterocycles. The molecule has 0 heterocycles. The van der Waals surface area contributed by atoms with E-state index in [4.69, 9.17) is 5.73 Å². The smallest absolute Gasteiger partial charge is 0.0470 e. The number of nitrogens with one attached hydrogen (secondary N) is 1. The van der Waals surface area contributed by atoms with Crippen molar-refractivity contribution in [2.24, 2.45) is 11.7 Å². The van der Waals surface area contributed by atoms with Crippen molar-refractivity contribution in [2.45, 2.75) is 31.7 Å². The van der Waals surface area contributed by atoms with Crippen LogP contribution in [0.15, 0.2) is 30.3 Å². The third-order valence-electron chi connectivity index (χ3n) is 3.11. The minimum atomic E-state index is 0.0581. The molecule has 2 nitrogen and oxygen atoms in total. The van der Waals surface area contributed by atoms with Crippen LogP contribution >= 0.6 is 0 Å². The fourth-order valence-electron chi connectivity index (χ4n) is 2.01. The Morgan fingerprint density at radius 3 is 2.53 bits per heavy atom. The van der Waals surface area contributed by atoms with Gasteiger partial charge in [-0.15, -0.1) is 0 Å². The molecule has 1 aromatic rings. The van der Waals surface area contributed by atoms with Gasteiger partial charge in [0.15, 0.2) is 0 Å². The van der Waals surface area contributed by atoms with Crippen LogP contribution in [0.2, 0.25) is 0 Å². The molecule has 82 valence electrons. The van der Waals surface area contributed by atoms with Crippen LogP contribution in [0.1, 0.15) is 26.2 Å². The average Bonchev–Trinajstić information content (AvgIpc) is 3.03. The Morgan fingerprint density at radius 2 is 2.00 bits per heavy atom. The SMILES string of the molecule is CC(CN)(CC1CC1)Nc1ccccc1. The zero-order chi connectivity index (χ0) is 10.7.